The van der Waals surface area contributed by atoms with Crippen molar-refractivity contribution in [1.82, 2.24) is 14.9 Å². The van der Waals surface area contributed by atoms with E-state index in [2.05, 4.69) is 31.6 Å². The second-order valence-electron chi connectivity index (χ2n) is 3.72. The first-order valence-electron chi connectivity index (χ1n) is 5.32. The summed E-state index contributed by atoms with van der Waals surface area (Å²) in [5.74, 6) is 1.61. The van der Waals surface area contributed by atoms with Crippen molar-refractivity contribution in [3.8, 4) is 5.75 Å². The van der Waals surface area contributed by atoms with Crippen LogP contribution in [0.4, 0.5) is 0 Å². The predicted molar refractivity (Wildman–Crippen MR) is 75.9 cm³/mol. The average molecular weight is 329 g/mol. The van der Waals surface area contributed by atoms with E-state index in [9.17, 15) is 0 Å². The van der Waals surface area contributed by atoms with Crippen LogP contribution in [0.2, 0.25) is 0 Å². The van der Waals surface area contributed by atoms with Crippen molar-refractivity contribution in [3.05, 3.63) is 38.8 Å². The normalized spacial score (nSPS) is 10.4. The van der Waals surface area contributed by atoms with Gasteiger partial charge in [-0.2, -0.15) is 5.10 Å². The minimum absolute atomic E-state index is 0.556. The molecule has 0 aliphatic rings. The number of nitrogens with zero attached hydrogens (tertiary/aromatic N) is 2. The van der Waals surface area contributed by atoms with E-state index in [0.717, 1.165) is 21.6 Å². The number of aromatic nitrogens is 3. The molecule has 0 amide bonds. The topological polar surface area (TPSA) is 54.9 Å². The molecule has 2 aromatic rings. The molecule has 1 aromatic carbocycles. The third-order valence-corrected chi connectivity index (χ3v) is 3.39. The molecular weight excluding hydrogens is 316 g/mol. The minimum atomic E-state index is 0.556. The standard InChI is InChI=1S/C11H13BrN4OS/c1-7-14-15-11(18)16(7)13-6-8-3-4-10(17-2)9(12)5-8/h3-5,13H,6H2,1-2H3,(H,15,18). The van der Waals surface area contributed by atoms with E-state index in [-0.39, 0.29) is 0 Å². The second-order valence-corrected chi connectivity index (χ2v) is 4.96. The van der Waals surface area contributed by atoms with Gasteiger partial charge >= 0.3 is 0 Å². The molecule has 0 aliphatic carbocycles. The Morgan fingerprint density at radius 3 is 2.89 bits per heavy atom. The molecule has 0 atom stereocenters. The fourth-order valence-electron chi connectivity index (χ4n) is 1.55. The Kier molecular flexibility index (Phi) is 4.03. The van der Waals surface area contributed by atoms with Crippen molar-refractivity contribution in [2.45, 2.75) is 13.5 Å². The first-order valence-corrected chi connectivity index (χ1v) is 6.52. The summed E-state index contributed by atoms with van der Waals surface area (Å²) in [6.07, 6.45) is 0. The van der Waals surface area contributed by atoms with Crippen LogP contribution in [0.3, 0.4) is 0 Å². The number of H-pyrrole nitrogens is 1. The highest BCUT2D eigenvalue weighted by Crippen LogP contribution is 2.25. The van der Waals surface area contributed by atoms with E-state index in [0.29, 0.717) is 11.3 Å². The summed E-state index contributed by atoms with van der Waals surface area (Å²) in [6, 6.07) is 5.92. The quantitative estimate of drug-likeness (QED) is 0.847. The van der Waals surface area contributed by atoms with Crippen LogP contribution in [-0.4, -0.2) is 22.0 Å². The van der Waals surface area contributed by atoms with Crippen LogP contribution in [0.1, 0.15) is 11.4 Å². The molecule has 1 aromatic heterocycles. The number of methoxy groups -OCH3 is 1. The van der Waals surface area contributed by atoms with Crippen molar-refractivity contribution in [2.24, 2.45) is 0 Å². The number of benzene rings is 1. The smallest absolute Gasteiger partial charge is 0.214 e. The Hall–Kier alpha value is -1.34. The summed E-state index contributed by atoms with van der Waals surface area (Å²) < 4.78 is 8.41. The van der Waals surface area contributed by atoms with E-state index in [1.54, 1.807) is 11.8 Å². The lowest BCUT2D eigenvalue weighted by molar-refractivity contribution is 0.412. The molecule has 0 unspecified atom stereocenters. The summed E-state index contributed by atoms with van der Waals surface area (Å²) in [6.45, 7) is 2.53. The van der Waals surface area contributed by atoms with Crippen LogP contribution < -0.4 is 10.2 Å². The lowest BCUT2D eigenvalue weighted by atomic mass is 10.2. The number of aryl methyl sites for hydroxylation is 1. The fraction of sp³-hybridized carbons (Fsp3) is 0.273. The van der Waals surface area contributed by atoms with Crippen LogP contribution in [0, 0.1) is 11.7 Å². The molecule has 0 bridgehead atoms. The van der Waals surface area contributed by atoms with Gasteiger partial charge in [-0.05, 0) is 52.8 Å². The molecule has 2 rings (SSSR count). The van der Waals surface area contributed by atoms with Crippen molar-refractivity contribution in [3.63, 3.8) is 0 Å². The monoisotopic (exact) mass is 328 g/mol. The lowest BCUT2D eigenvalue weighted by Crippen LogP contribution is -2.16. The summed E-state index contributed by atoms with van der Waals surface area (Å²) >= 11 is 8.56. The molecule has 5 nitrogen and oxygen atoms in total. The largest absolute Gasteiger partial charge is 0.496 e. The molecular formula is C11H13BrN4OS. The molecule has 0 saturated carbocycles. The third kappa shape index (κ3) is 2.73. The van der Waals surface area contributed by atoms with Crippen LogP contribution in [0.25, 0.3) is 0 Å². The Morgan fingerprint density at radius 1 is 1.56 bits per heavy atom. The molecule has 96 valence electrons. The van der Waals surface area contributed by atoms with Crippen LogP contribution in [0.15, 0.2) is 22.7 Å². The summed E-state index contributed by atoms with van der Waals surface area (Å²) in [5, 5.41) is 6.75. The van der Waals surface area contributed by atoms with Gasteiger partial charge in [0.05, 0.1) is 18.1 Å². The number of nitrogens with one attached hydrogen (secondary N) is 2. The number of rotatable bonds is 4. The van der Waals surface area contributed by atoms with Crippen molar-refractivity contribution < 1.29 is 4.74 Å². The molecule has 18 heavy (non-hydrogen) atoms. The van der Waals surface area contributed by atoms with E-state index in [1.807, 2.05) is 25.1 Å². The number of ether oxygens (including phenoxy) is 1. The molecule has 2 N–H and O–H groups in total. The van der Waals surface area contributed by atoms with Gasteiger partial charge in [-0.3, -0.25) is 5.10 Å². The van der Waals surface area contributed by atoms with Crippen molar-refractivity contribution in [2.75, 3.05) is 12.5 Å². The van der Waals surface area contributed by atoms with Gasteiger partial charge in [0.15, 0.2) is 0 Å². The van der Waals surface area contributed by atoms with Crippen LogP contribution in [-0.2, 0) is 6.54 Å². The Balaban J connectivity index is 2.11. The Morgan fingerprint density at radius 2 is 2.33 bits per heavy atom. The zero-order chi connectivity index (χ0) is 13.1. The van der Waals surface area contributed by atoms with Gasteiger partial charge in [-0.15, -0.1) is 0 Å². The highest BCUT2D eigenvalue weighted by molar-refractivity contribution is 9.10. The molecule has 0 radical (unpaired) electrons. The van der Waals surface area contributed by atoms with E-state index < -0.39 is 0 Å². The molecule has 0 fully saturated rings. The van der Waals surface area contributed by atoms with Gasteiger partial charge in [-0.1, -0.05) is 6.07 Å². The first kappa shape index (κ1) is 13.1. The predicted octanol–water partition coefficient (Wildman–Crippen LogP) is 2.76. The maximum Gasteiger partial charge on any atom is 0.214 e. The second kappa shape index (κ2) is 5.53. The van der Waals surface area contributed by atoms with E-state index >= 15 is 0 Å². The zero-order valence-corrected chi connectivity index (χ0v) is 12.4. The maximum absolute atomic E-state index is 5.18. The first-order chi connectivity index (χ1) is 8.61. The van der Waals surface area contributed by atoms with Gasteiger partial charge in [0.1, 0.15) is 11.6 Å². The summed E-state index contributed by atoms with van der Waals surface area (Å²) in [7, 11) is 1.65. The van der Waals surface area contributed by atoms with E-state index in [4.69, 9.17) is 17.0 Å². The summed E-state index contributed by atoms with van der Waals surface area (Å²) in [5.41, 5.74) is 4.32. The highest BCUT2D eigenvalue weighted by atomic mass is 79.9. The molecule has 0 spiro atoms. The number of aromatic amines is 1. The Bertz CT molecular complexity index is 607. The Labute approximate surface area is 118 Å². The summed E-state index contributed by atoms with van der Waals surface area (Å²) in [4.78, 5) is 0. The zero-order valence-electron chi connectivity index (χ0n) is 10.0. The van der Waals surface area contributed by atoms with E-state index in [1.165, 1.54) is 0 Å². The molecule has 1 heterocycles. The van der Waals surface area contributed by atoms with Crippen molar-refractivity contribution in [1.29, 1.82) is 0 Å². The van der Waals surface area contributed by atoms with Gasteiger partial charge in [0.25, 0.3) is 0 Å². The van der Waals surface area contributed by atoms with Gasteiger partial charge in [0, 0.05) is 0 Å². The molecule has 0 aliphatic heterocycles. The number of hydrogen-bond acceptors (Lipinski definition) is 4. The maximum atomic E-state index is 5.18. The lowest BCUT2D eigenvalue weighted by Gasteiger charge is -2.10. The van der Waals surface area contributed by atoms with Gasteiger partial charge < -0.3 is 10.2 Å². The SMILES string of the molecule is COc1ccc(CNn2c(C)n[nH]c2=S)cc1Br. The highest BCUT2D eigenvalue weighted by Gasteiger charge is 2.03. The van der Waals surface area contributed by atoms with Crippen molar-refractivity contribution >= 4 is 28.1 Å². The molecule has 7 heteroatoms. The van der Waals surface area contributed by atoms with Crippen LogP contribution in [0.5, 0.6) is 5.75 Å². The third-order valence-electron chi connectivity index (χ3n) is 2.50. The average Bonchev–Trinajstić information content (AvgIpc) is 2.67. The van der Waals surface area contributed by atoms with Gasteiger partial charge in [-0.25, -0.2) is 4.68 Å². The fourth-order valence-corrected chi connectivity index (χ4v) is 2.38. The van der Waals surface area contributed by atoms with Gasteiger partial charge in [0.2, 0.25) is 4.77 Å². The number of halogens is 1. The minimum Gasteiger partial charge on any atom is -0.496 e. The molecule has 0 saturated heterocycles. The van der Waals surface area contributed by atoms with Crippen LogP contribution >= 0.6 is 28.1 Å². The number of hydrogen-bond donors (Lipinski definition) is 2.